The van der Waals surface area contributed by atoms with E-state index >= 15 is 0 Å². The van der Waals surface area contributed by atoms with Gasteiger partial charge in [-0.15, -0.1) is 11.3 Å². The van der Waals surface area contributed by atoms with E-state index in [2.05, 4.69) is 46.8 Å². The molecular formula is C25H37N5OS2. The minimum absolute atomic E-state index is 0.418. The fourth-order valence-corrected chi connectivity index (χ4v) is 5.11. The number of rotatable bonds is 4. The summed E-state index contributed by atoms with van der Waals surface area (Å²) in [7, 11) is 0. The lowest BCUT2D eigenvalue weighted by molar-refractivity contribution is -0.120. The lowest BCUT2D eigenvalue weighted by Gasteiger charge is -2.29. The van der Waals surface area contributed by atoms with Gasteiger partial charge in [0.1, 0.15) is 5.82 Å². The third-order valence-electron chi connectivity index (χ3n) is 5.26. The van der Waals surface area contributed by atoms with Crippen LogP contribution in [0.3, 0.4) is 0 Å². The molecule has 4 heterocycles. The number of hydrogen-bond donors (Lipinski definition) is 2. The number of amides is 1. The second kappa shape index (κ2) is 14.1. The van der Waals surface area contributed by atoms with E-state index in [1.807, 2.05) is 67.9 Å². The number of anilines is 2. The summed E-state index contributed by atoms with van der Waals surface area (Å²) < 4.78 is 0. The van der Waals surface area contributed by atoms with Crippen LogP contribution in [0.5, 0.6) is 0 Å². The lowest BCUT2D eigenvalue weighted by atomic mass is 10.1. The highest BCUT2D eigenvalue weighted by molar-refractivity contribution is 8.09. The van der Waals surface area contributed by atoms with Crippen LogP contribution in [0.15, 0.2) is 41.6 Å². The van der Waals surface area contributed by atoms with Crippen LogP contribution in [0.4, 0.5) is 10.9 Å². The van der Waals surface area contributed by atoms with Crippen molar-refractivity contribution in [1.29, 1.82) is 0 Å². The highest BCUT2D eigenvalue weighted by Gasteiger charge is 2.21. The van der Waals surface area contributed by atoms with Crippen LogP contribution in [0.2, 0.25) is 0 Å². The Morgan fingerprint density at radius 2 is 1.94 bits per heavy atom. The molecule has 0 bridgehead atoms. The van der Waals surface area contributed by atoms with Crippen LogP contribution in [0.25, 0.3) is 4.91 Å². The van der Waals surface area contributed by atoms with Crippen molar-refractivity contribution in [2.45, 2.75) is 72.2 Å². The molecule has 2 aliphatic heterocycles. The predicted molar refractivity (Wildman–Crippen MR) is 144 cm³/mol. The molecule has 180 valence electrons. The molecule has 0 saturated carbocycles. The van der Waals surface area contributed by atoms with Crippen LogP contribution >= 0.6 is 23.1 Å². The Morgan fingerprint density at radius 1 is 1.18 bits per heavy atom. The van der Waals surface area contributed by atoms with Crippen molar-refractivity contribution in [1.82, 2.24) is 20.2 Å². The van der Waals surface area contributed by atoms with Crippen molar-refractivity contribution in [3.05, 3.63) is 52.8 Å². The lowest BCUT2D eigenvalue weighted by Crippen LogP contribution is -2.35. The Morgan fingerprint density at radius 3 is 2.45 bits per heavy atom. The van der Waals surface area contributed by atoms with Gasteiger partial charge in [0.25, 0.3) is 0 Å². The number of pyridine rings is 1. The average molecular weight is 488 g/mol. The van der Waals surface area contributed by atoms with E-state index in [0.29, 0.717) is 11.4 Å². The van der Waals surface area contributed by atoms with Crippen LogP contribution < -0.4 is 10.6 Å². The van der Waals surface area contributed by atoms with Crippen molar-refractivity contribution in [3.8, 4) is 0 Å². The van der Waals surface area contributed by atoms with E-state index in [9.17, 15) is 4.79 Å². The summed E-state index contributed by atoms with van der Waals surface area (Å²) >= 11 is 3.42. The van der Waals surface area contributed by atoms with Crippen LogP contribution in [-0.2, 0) is 4.79 Å². The number of hydrogen-bond acceptors (Lipinski definition) is 7. The monoisotopic (exact) mass is 487 g/mol. The van der Waals surface area contributed by atoms with Gasteiger partial charge in [0, 0.05) is 29.9 Å². The number of carbonyl (C=O) groups is 1. The van der Waals surface area contributed by atoms with Gasteiger partial charge >= 0.3 is 0 Å². The van der Waals surface area contributed by atoms with Gasteiger partial charge in [0.15, 0.2) is 5.13 Å². The van der Waals surface area contributed by atoms with Gasteiger partial charge in [-0.2, -0.15) is 0 Å². The quantitative estimate of drug-likeness (QED) is 0.376. The molecule has 1 fully saturated rings. The number of likely N-dealkylation sites (tertiary alicyclic amines) is 1. The molecule has 8 heteroatoms. The number of carbonyl (C=O) groups excluding carboxylic acids is 1. The number of piperidine rings is 1. The van der Waals surface area contributed by atoms with Gasteiger partial charge in [0.2, 0.25) is 6.41 Å². The molecule has 4 rings (SSSR count). The zero-order valence-electron chi connectivity index (χ0n) is 20.6. The molecule has 0 aliphatic carbocycles. The SMILES string of the molecule is CC1=C(c2csc(Nc3ccc(C)cn3)n2)SC(C)N1.CC=CC.C[C@@H]1CCCCN1C=O. The zero-order valence-corrected chi connectivity index (χ0v) is 22.2. The molecule has 0 spiro atoms. The summed E-state index contributed by atoms with van der Waals surface area (Å²) in [5.41, 5.74) is 3.38. The van der Waals surface area contributed by atoms with Gasteiger partial charge < -0.3 is 15.5 Å². The molecule has 2 aromatic rings. The topological polar surface area (TPSA) is 70.2 Å². The third kappa shape index (κ3) is 8.85. The molecule has 2 aliphatic rings. The highest BCUT2D eigenvalue weighted by atomic mass is 32.2. The Bertz CT molecular complexity index is 919. The summed E-state index contributed by atoms with van der Waals surface area (Å²) in [4.78, 5) is 22.4. The van der Waals surface area contributed by atoms with Gasteiger partial charge in [-0.1, -0.05) is 30.0 Å². The van der Waals surface area contributed by atoms with Gasteiger partial charge in [0.05, 0.1) is 16.0 Å². The molecular weight excluding hydrogens is 450 g/mol. The fraction of sp³-hybridized carbons (Fsp3) is 0.480. The van der Waals surface area contributed by atoms with Gasteiger partial charge in [-0.05, 0) is 72.4 Å². The first-order valence-electron chi connectivity index (χ1n) is 11.5. The molecule has 0 aromatic carbocycles. The van der Waals surface area contributed by atoms with Crippen molar-refractivity contribution in [3.63, 3.8) is 0 Å². The minimum atomic E-state index is 0.418. The third-order valence-corrected chi connectivity index (χ3v) is 7.24. The maximum atomic E-state index is 10.3. The summed E-state index contributed by atoms with van der Waals surface area (Å²) in [6.45, 7) is 13.3. The number of nitrogens with one attached hydrogen (secondary N) is 2. The number of thioether (sulfide) groups is 1. The number of aromatic nitrogens is 2. The minimum Gasteiger partial charge on any atom is -0.376 e. The van der Waals surface area contributed by atoms with E-state index < -0.39 is 0 Å². The maximum absolute atomic E-state index is 10.3. The van der Waals surface area contributed by atoms with Gasteiger partial charge in [-0.3, -0.25) is 4.79 Å². The van der Waals surface area contributed by atoms with Crippen molar-refractivity contribution >= 4 is 45.4 Å². The second-order valence-corrected chi connectivity index (χ2v) is 10.3. The Hall–Kier alpha value is -2.32. The summed E-state index contributed by atoms with van der Waals surface area (Å²) in [6.07, 6.45) is 10.5. The molecule has 2 aromatic heterocycles. The van der Waals surface area contributed by atoms with E-state index in [1.54, 1.807) is 11.3 Å². The zero-order chi connectivity index (χ0) is 24.2. The van der Waals surface area contributed by atoms with Crippen LogP contribution in [0.1, 0.15) is 65.1 Å². The summed E-state index contributed by atoms with van der Waals surface area (Å²) in [6, 6.07) is 4.49. The summed E-state index contributed by atoms with van der Waals surface area (Å²) in [5, 5.41) is 10.0. The first-order chi connectivity index (χ1) is 15.9. The van der Waals surface area contributed by atoms with E-state index in [4.69, 9.17) is 0 Å². The molecule has 6 nitrogen and oxygen atoms in total. The highest BCUT2D eigenvalue weighted by Crippen LogP contribution is 2.38. The normalized spacial score (nSPS) is 19.9. The number of allylic oxidation sites excluding steroid dienone is 3. The van der Waals surface area contributed by atoms with Crippen molar-refractivity contribution < 1.29 is 4.79 Å². The van der Waals surface area contributed by atoms with E-state index in [1.165, 1.54) is 29.9 Å². The van der Waals surface area contributed by atoms with Crippen molar-refractivity contribution in [2.24, 2.45) is 0 Å². The van der Waals surface area contributed by atoms with Crippen molar-refractivity contribution in [2.75, 3.05) is 11.9 Å². The van der Waals surface area contributed by atoms with E-state index in [-0.39, 0.29) is 0 Å². The second-order valence-electron chi connectivity index (χ2n) is 8.10. The predicted octanol–water partition coefficient (Wildman–Crippen LogP) is 6.56. The first kappa shape index (κ1) is 26.9. The Kier molecular flexibility index (Phi) is 11.5. The smallest absolute Gasteiger partial charge is 0.209 e. The molecule has 1 saturated heterocycles. The average Bonchev–Trinajstić information content (AvgIpc) is 3.41. The standard InChI is InChI=1S/C14H16N4S2.C7H13NO.C4H8/c1-8-4-5-12(15-6-8)18-14-17-11(7-19-14)13-9(2)16-10(3)20-13;1-7-4-2-3-5-8(7)6-9;1-3-4-2/h4-7,10,16H,1-3H3,(H,15,17,18);6-7H,2-5H2,1H3;3-4H,1-2H3/t;7-;/m.1./s1. The molecule has 2 N–H and O–H groups in total. The number of nitrogens with zero attached hydrogens (tertiary/aromatic N) is 3. The molecule has 2 atom stereocenters. The summed E-state index contributed by atoms with van der Waals surface area (Å²) in [5.74, 6) is 0.827. The van der Waals surface area contributed by atoms with E-state index in [0.717, 1.165) is 35.2 Å². The first-order valence-corrected chi connectivity index (χ1v) is 13.2. The fourth-order valence-electron chi connectivity index (χ4n) is 3.28. The largest absolute Gasteiger partial charge is 0.376 e. The maximum Gasteiger partial charge on any atom is 0.209 e. The molecule has 1 unspecified atom stereocenters. The number of aryl methyl sites for hydroxylation is 1. The molecule has 1 amide bonds. The molecule has 0 radical (unpaired) electrons. The Balaban J connectivity index is 0.000000246. The van der Waals surface area contributed by atoms with Crippen LogP contribution in [0, 0.1) is 6.92 Å². The van der Waals surface area contributed by atoms with Crippen LogP contribution in [-0.4, -0.2) is 39.2 Å². The molecule has 33 heavy (non-hydrogen) atoms. The van der Waals surface area contributed by atoms with Gasteiger partial charge in [-0.25, -0.2) is 9.97 Å². The Labute approximate surface area is 207 Å². The number of thiazole rings is 1.